The molecule has 3 aromatic carbocycles. The van der Waals surface area contributed by atoms with Crippen molar-refractivity contribution in [3.05, 3.63) is 70.8 Å². The number of carbonyl (C=O) groups is 2. The number of ether oxygens (including phenoxy) is 8. The molecule has 0 amide bonds. The van der Waals surface area contributed by atoms with Crippen LogP contribution in [0.25, 0.3) is 11.1 Å². The van der Waals surface area contributed by atoms with Crippen molar-refractivity contribution in [3.63, 3.8) is 0 Å². The second-order valence-corrected chi connectivity index (χ2v) is 10.9. The lowest BCUT2D eigenvalue weighted by Gasteiger charge is -2.39. The maximum atomic E-state index is 13.7. The van der Waals surface area contributed by atoms with Crippen molar-refractivity contribution in [2.75, 3.05) is 35.2 Å². The number of hydrogen-bond acceptors (Lipinski definition) is 10. The van der Waals surface area contributed by atoms with Gasteiger partial charge in [-0.3, -0.25) is 0 Å². The molecule has 45 heavy (non-hydrogen) atoms. The minimum atomic E-state index is -0.858. The van der Waals surface area contributed by atoms with E-state index < -0.39 is 30.1 Å². The Kier molecular flexibility index (Phi) is 9.13. The SMILES string of the molecule is CC=C(C)C(=O)OC1c2cc3c(c(OC)c2-c2c(cc(OC)c(OC)c2OC)C(OC(=O)c2ccccc2)C(C)C1C)OCO3. The quantitative estimate of drug-likeness (QED) is 0.196. The monoisotopic (exact) mass is 618 g/mol. The van der Waals surface area contributed by atoms with Crippen LogP contribution in [0.2, 0.25) is 0 Å². The van der Waals surface area contributed by atoms with Gasteiger partial charge in [0.25, 0.3) is 0 Å². The zero-order valence-electron chi connectivity index (χ0n) is 26.7. The Morgan fingerprint density at radius 2 is 1.38 bits per heavy atom. The normalized spacial score (nSPS) is 20.1. The van der Waals surface area contributed by atoms with E-state index in [0.717, 1.165) is 0 Å². The summed E-state index contributed by atoms with van der Waals surface area (Å²) in [6, 6.07) is 12.4. The standard InChI is InChI=1S/C35H38O10/c1-9-18(2)34(36)44-28-19(3)20(4)29(45-35(37)21-13-11-10-12-14-21)22-15-24(38-5)30(39-6)32(40-7)26(22)27-23(28)16-25-31(33(27)41-8)43-17-42-25/h9-16,19-20,28-29H,17H2,1-8H3. The molecule has 3 aromatic rings. The van der Waals surface area contributed by atoms with Gasteiger partial charge >= 0.3 is 11.9 Å². The van der Waals surface area contributed by atoms with Gasteiger partial charge in [0.05, 0.1) is 34.0 Å². The summed E-state index contributed by atoms with van der Waals surface area (Å²) in [4.78, 5) is 27.0. The van der Waals surface area contributed by atoms with Crippen LogP contribution in [0, 0.1) is 11.8 Å². The Bertz CT molecular complexity index is 1630. The lowest BCUT2D eigenvalue weighted by Crippen LogP contribution is -2.31. The summed E-state index contributed by atoms with van der Waals surface area (Å²) in [6.45, 7) is 7.37. The molecule has 0 spiro atoms. The summed E-state index contributed by atoms with van der Waals surface area (Å²) in [5, 5.41) is 0. The third-order valence-electron chi connectivity index (χ3n) is 8.59. The van der Waals surface area contributed by atoms with Crippen LogP contribution in [0.15, 0.2) is 54.1 Å². The molecule has 5 rings (SSSR count). The Morgan fingerprint density at radius 1 is 0.778 bits per heavy atom. The molecular weight excluding hydrogens is 580 g/mol. The first-order valence-corrected chi connectivity index (χ1v) is 14.6. The number of esters is 2. The summed E-state index contributed by atoms with van der Waals surface area (Å²) in [6.07, 6.45) is 0.00817. The van der Waals surface area contributed by atoms with E-state index in [1.54, 1.807) is 50.3 Å². The molecular formula is C35H38O10. The molecule has 0 N–H and O–H groups in total. The molecule has 0 fully saturated rings. The highest BCUT2D eigenvalue weighted by Gasteiger charge is 2.44. The second-order valence-electron chi connectivity index (χ2n) is 10.9. The van der Waals surface area contributed by atoms with E-state index in [2.05, 4.69) is 0 Å². The van der Waals surface area contributed by atoms with E-state index in [4.69, 9.17) is 37.9 Å². The summed E-state index contributed by atoms with van der Waals surface area (Å²) in [5.74, 6) is 0.386. The van der Waals surface area contributed by atoms with Gasteiger partial charge in [0.15, 0.2) is 23.0 Å². The largest absolute Gasteiger partial charge is 0.493 e. The van der Waals surface area contributed by atoms with Crippen molar-refractivity contribution in [2.24, 2.45) is 11.8 Å². The number of carbonyl (C=O) groups excluding carboxylic acids is 2. The van der Waals surface area contributed by atoms with Crippen LogP contribution >= 0.6 is 0 Å². The van der Waals surface area contributed by atoms with Gasteiger partial charge in [-0.1, -0.05) is 38.1 Å². The summed E-state index contributed by atoms with van der Waals surface area (Å²) < 4.78 is 47.9. The number of methoxy groups -OCH3 is 4. The Hall–Kier alpha value is -4.86. The number of benzene rings is 3. The molecule has 0 radical (unpaired) electrons. The molecule has 10 nitrogen and oxygen atoms in total. The van der Waals surface area contributed by atoms with Crippen LogP contribution in [-0.4, -0.2) is 47.2 Å². The fourth-order valence-electron chi connectivity index (χ4n) is 5.91. The number of hydrogen-bond donors (Lipinski definition) is 0. The van der Waals surface area contributed by atoms with Crippen molar-refractivity contribution >= 4 is 11.9 Å². The first-order chi connectivity index (χ1) is 21.7. The van der Waals surface area contributed by atoms with Crippen molar-refractivity contribution in [1.82, 2.24) is 0 Å². The molecule has 1 aliphatic carbocycles. The Morgan fingerprint density at radius 3 is 1.98 bits per heavy atom. The van der Waals surface area contributed by atoms with E-state index >= 15 is 0 Å². The zero-order chi connectivity index (χ0) is 32.4. The predicted octanol–water partition coefficient (Wildman–Crippen LogP) is 6.85. The fraction of sp³-hybridized carbons (Fsp3) is 0.371. The van der Waals surface area contributed by atoms with E-state index in [1.807, 2.05) is 26.0 Å². The second kappa shape index (κ2) is 13.0. The van der Waals surface area contributed by atoms with E-state index in [1.165, 1.54) is 28.4 Å². The van der Waals surface area contributed by atoms with Crippen LogP contribution in [0.5, 0.6) is 34.5 Å². The molecule has 4 unspecified atom stereocenters. The van der Waals surface area contributed by atoms with Gasteiger partial charge in [-0.15, -0.1) is 0 Å². The zero-order valence-corrected chi connectivity index (χ0v) is 26.7. The fourth-order valence-corrected chi connectivity index (χ4v) is 5.91. The molecule has 238 valence electrons. The minimum absolute atomic E-state index is 0.0179. The highest BCUT2D eigenvalue weighted by molar-refractivity contribution is 5.92. The van der Waals surface area contributed by atoms with E-state index in [0.29, 0.717) is 67.9 Å². The first kappa shape index (κ1) is 31.6. The molecule has 1 aliphatic heterocycles. The minimum Gasteiger partial charge on any atom is -0.493 e. The molecule has 10 heteroatoms. The van der Waals surface area contributed by atoms with Gasteiger partial charge < -0.3 is 37.9 Å². The van der Waals surface area contributed by atoms with Crippen LogP contribution in [-0.2, 0) is 14.3 Å². The average Bonchev–Trinajstić information content (AvgIpc) is 3.55. The highest BCUT2D eigenvalue weighted by atomic mass is 16.7. The van der Waals surface area contributed by atoms with Gasteiger partial charge in [-0.2, -0.15) is 0 Å². The van der Waals surface area contributed by atoms with Crippen LogP contribution in [0.1, 0.15) is 61.4 Å². The van der Waals surface area contributed by atoms with Gasteiger partial charge in [-0.25, -0.2) is 9.59 Å². The van der Waals surface area contributed by atoms with Gasteiger partial charge in [0.1, 0.15) is 12.2 Å². The maximum absolute atomic E-state index is 13.7. The summed E-state index contributed by atoms with van der Waals surface area (Å²) in [5.41, 5.74) is 3.05. The lowest BCUT2D eigenvalue weighted by molar-refractivity contribution is -0.149. The molecule has 0 bridgehead atoms. The van der Waals surface area contributed by atoms with Crippen LogP contribution < -0.4 is 28.4 Å². The lowest BCUT2D eigenvalue weighted by atomic mass is 9.74. The van der Waals surface area contributed by atoms with Gasteiger partial charge in [0, 0.05) is 39.7 Å². The van der Waals surface area contributed by atoms with Crippen LogP contribution in [0.4, 0.5) is 0 Å². The van der Waals surface area contributed by atoms with Crippen LogP contribution in [0.3, 0.4) is 0 Å². The van der Waals surface area contributed by atoms with Crippen molar-refractivity contribution < 1.29 is 47.5 Å². The number of allylic oxidation sites excluding steroid dienone is 1. The first-order valence-electron chi connectivity index (χ1n) is 14.6. The predicted molar refractivity (Wildman–Crippen MR) is 165 cm³/mol. The molecule has 0 saturated heterocycles. The topological polar surface area (TPSA) is 108 Å². The molecule has 0 saturated carbocycles. The Labute approximate surface area is 262 Å². The molecule has 0 aromatic heterocycles. The smallest absolute Gasteiger partial charge is 0.338 e. The van der Waals surface area contributed by atoms with Gasteiger partial charge in [-0.05, 0) is 38.1 Å². The third-order valence-corrected chi connectivity index (χ3v) is 8.59. The molecule has 4 atom stereocenters. The maximum Gasteiger partial charge on any atom is 0.338 e. The highest BCUT2D eigenvalue weighted by Crippen LogP contribution is 2.60. The molecule has 2 aliphatic rings. The number of rotatable bonds is 8. The van der Waals surface area contributed by atoms with Crippen molar-refractivity contribution in [1.29, 1.82) is 0 Å². The summed E-state index contributed by atoms with van der Waals surface area (Å²) >= 11 is 0. The molecule has 1 heterocycles. The number of fused-ring (bicyclic) bond motifs is 4. The Balaban J connectivity index is 1.89. The van der Waals surface area contributed by atoms with Gasteiger partial charge in [0.2, 0.25) is 18.3 Å². The van der Waals surface area contributed by atoms with Crippen molar-refractivity contribution in [3.8, 4) is 45.6 Å². The third kappa shape index (κ3) is 5.49. The van der Waals surface area contributed by atoms with Crippen molar-refractivity contribution in [2.45, 2.75) is 39.9 Å². The summed E-state index contributed by atoms with van der Waals surface area (Å²) in [7, 11) is 6.07. The average molecular weight is 619 g/mol. The van der Waals surface area contributed by atoms with E-state index in [-0.39, 0.29) is 12.7 Å². The van der Waals surface area contributed by atoms with E-state index in [9.17, 15) is 9.59 Å².